The molecule has 14 nitrogen and oxygen atoms in total. The Morgan fingerprint density at radius 2 is 1.21 bits per heavy atom. The van der Waals surface area contributed by atoms with Crippen LogP contribution in [0.3, 0.4) is 0 Å². The highest BCUT2D eigenvalue weighted by atomic mass is 32.2. The Balaban J connectivity index is 2.12. The highest BCUT2D eigenvalue weighted by molar-refractivity contribution is 7.92. The van der Waals surface area contributed by atoms with Crippen molar-refractivity contribution in [2.24, 2.45) is 0 Å². The second-order valence-corrected chi connectivity index (χ2v) is 13.2. The average molecular weight is 555 g/mol. The van der Waals surface area contributed by atoms with Crippen molar-refractivity contribution in [2.75, 3.05) is 11.8 Å². The van der Waals surface area contributed by atoms with Gasteiger partial charge in [0.2, 0.25) is 20.0 Å². The molecule has 1 aliphatic carbocycles. The molecule has 2 aromatic carbocycles. The van der Waals surface area contributed by atoms with Crippen LogP contribution in [0.5, 0.6) is 0 Å². The minimum Gasteiger partial charge on any atom is -0.289 e. The van der Waals surface area contributed by atoms with Gasteiger partial charge in [-0.2, -0.15) is 26.3 Å². The fourth-order valence-electron chi connectivity index (χ4n) is 3.00. The zero-order valence-corrected chi connectivity index (χ0v) is 19.8. The zero-order valence-electron chi connectivity index (χ0n) is 16.5. The van der Waals surface area contributed by atoms with Gasteiger partial charge in [0.25, 0.3) is 20.2 Å². The molecule has 0 saturated carbocycles. The van der Waals surface area contributed by atoms with Crippen molar-refractivity contribution >= 4 is 51.8 Å². The number of rotatable bonds is 8. The highest BCUT2D eigenvalue weighted by Crippen LogP contribution is 2.32. The van der Waals surface area contributed by atoms with E-state index >= 15 is 0 Å². The zero-order chi connectivity index (χ0) is 25.7. The van der Waals surface area contributed by atoms with Gasteiger partial charge in [0.05, 0.1) is 15.4 Å². The molecule has 184 valence electrons. The first-order valence-corrected chi connectivity index (χ1v) is 14.9. The second kappa shape index (κ2) is 8.57. The molecule has 0 fully saturated rings. The molecule has 0 spiro atoms. The second-order valence-electron chi connectivity index (χ2n) is 6.79. The maximum absolute atomic E-state index is 13.2. The van der Waals surface area contributed by atoms with Gasteiger partial charge in [0, 0.05) is 16.7 Å². The molecule has 0 bridgehead atoms. The maximum Gasteiger partial charge on any atom is 0.279 e. The van der Waals surface area contributed by atoms with Gasteiger partial charge in [-0.05, 0) is 24.3 Å². The number of benzene rings is 2. The predicted octanol–water partition coefficient (Wildman–Crippen LogP) is -1.29. The van der Waals surface area contributed by atoms with E-state index in [4.69, 9.17) is 9.11 Å². The van der Waals surface area contributed by atoms with Gasteiger partial charge >= 0.3 is 0 Å². The van der Waals surface area contributed by atoms with Crippen LogP contribution in [-0.4, -0.2) is 66.1 Å². The maximum atomic E-state index is 13.2. The van der Waals surface area contributed by atoms with Crippen LogP contribution in [0, 0.1) is 0 Å². The molecule has 4 N–H and O–H groups in total. The van der Waals surface area contributed by atoms with Crippen molar-refractivity contribution in [3.05, 3.63) is 58.7 Å². The Morgan fingerprint density at radius 1 is 0.647 bits per heavy atom. The third-order valence-corrected chi connectivity index (χ3v) is 8.67. The topological polar surface area (TPSA) is 235 Å². The molecule has 18 heteroatoms. The standard InChI is InChI=1S/C16H14N2O12S4/c19-15-10-5-4-9(33(27,28)17-7-31(21,22)23)6-12(10)16(20)14-11(15)2-1-3-13(14)34(29,30)18-8-32(24,25)26/h1-6,17-18H,7-8H2,(H,21,22,23)(H,24,25,26). The van der Waals surface area contributed by atoms with Crippen molar-refractivity contribution in [3.8, 4) is 0 Å². The predicted molar refractivity (Wildman–Crippen MR) is 113 cm³/mol. The fraction of sp³-hybridized carbons (Fsp3) is 0.125. The largest absolute Gasteiger partial charge is 0.289 e. The minimum atomic E-state index is -4.77. The lowest BCUT2D eigenvalue weighted by molar-refractivity contribution is 0.0976. The Labute approximate surface area is 193 Å². The van der Waals surface area contributed by atoms with Crippen molar-refractivity contribution < 1.29 is 52.4 Å². The number of hydrogen-bond donors (Lipinski definition) is 4. The summed E-state index contributed by atoms with van der Waals surface area (Å²) in [6.45, 7) is 0. The molecule has 3 rings (SSSR count). The molecule has 0 saturated heterocycles. The van der Waals surface area contributed by atoms with Crippen LogP contribution >= 0.6 is 0 Å². The van der Waals surface area contributed by atoms with E-state index in [2.05, 4.69) is 0 Å². The summed E-state index contributed by atoms with van der Waals surface area (Å²) in [6.07, 6.45) is 0. The molecule has 0 aliphatic heterocycles. The van der Waals surface area contributed by atoms with Gasteiger partial charge in [-0.25, -0.2) is 16.8 Å². The van der Waals surface area contributed by atoms with Gasteiger partial charge in [0.1, 0.15) is 11.8 Å². The Morgan fingerprint density at radius 3 is 1.76 bits per heavy atom. The molecule has 34 heavy (non-hydrogen) atoms. The van der Waals surface area contributed by atoms with Gasteiger partial charge < -0.3 is 0 Å². The number of ketones is 2. The fourth-order valence-corrected chi connectivity index (χ4v) is 7.00. The van der Waals surface area contributed by atoms with Crippen LogP contribution in [0.4, 0.5) is 0 Å². The molecular formula is C16H14N2O12S4. The molecule has 0 radical (unpaired) electrons. The first-order chi connectivity index (χ1) is 15.4. The summed E-state index contributed by atoms with van der Waals surface area (Å²) in [6, 6.07) is 5.75. The lowest BCUT2D eigenvalue weighted by Gasteiger charge is -2.21. The molecule has 0 heterocycles. The molecular weight excluding hydrogens is 540 g/mol. The molecule has 1 aliphatic rings. The van der Waals surface area contributed by atoms with E-state index in [1.165, 1.54) is 0 Å². The normalized spacial score (nSPS) is 14.5. The molecule has 0 amide bonds. The van der Waals surface area contributed by atoms with E-state index in [1.54, 1.807) is 9.44 Å². The van der Waals surface area contributed by atoms with Crippen LogP contribution in [0.15, 0.2) is 46.2 Å². The summed E-state index contributed by atoms with van der Waals surface area (Å²) in [7, 11) is -18.8. The number of hydrogen-bond acceptors (Lipinski definition) is 10. The van der Waals surface area contributed by atoms with Gasteiger partial charge in [-0.1, -0.05) is 12.1 Å². The van der Waals surface area contributed by atoms with Gasteiger partial charge in [0.15, 0.2) is 11.6 Å². The monoisotopic (exact) mass is 554 g/mol. The summed E-state index contributed by atoms with van der Waals surface area (Å²) >= 11 is 0. The van der Waals surface area contributed by atoms with Crippen LogP contribution in [-0.2, 0) is 40.3 Å². The number of carbonyl (C=O) groups excluding carboxylic acids is 2. The van der Waals surface area contributed by atoms with E-state index < -0.39 is 84.5 Å². The third-order valence-electron chi connectivity index (χ3n) is 4.44. The Bertz CT molecular complexity index is 1660. The molecule has 0 atom stereocenters. The highest BCUT2D eigenvalue weighted by Gasteiger charge is 2.36. The van der Waals surface area contributed by atoms with E-state index in [9.17, 15) is 43.3 Å². The first-order valence-electron chi connectivity index (χ1n) is 8.69. The van der Waals surface area contributed by atoms with E-state index in [0.717, 1.165) is 36.4 Å². The average Bonchev–Trinajstić information content (AvgIpc) is 2.73. The number of nitrogens with one attached hydrogen (secondary N) is 2. The first kappa shape index (κ1) is 26.0. The smallest absolute Gasteiger partial charge is 0.279 e. The summed E-state index contributed by atoms with van der Waals surface area (Å²) in [5.74, 6) is -4.72. The van der Waals surface area contributed by atoms with Gasteiger partial charge in [-0.15, -0.1) is 0 Å². The summed E-state index contributed by atoms with van der Waals surface area (Å²) in [5.41, 5.74) is -1.81. The minimum absolute atomic E-state index is 0.272. The number of sulfonamides is 2. The lowest BCUT2D eigenvalue weighted by atomic mass is 9.84. The Hall–Kier alpha value is -2.58. The Kier molecular flexibility index (Phi) is 6.56. The van der Waals surface area contributed by atoms with Crippen molar-refractivity contribution in [3.63, 3.8) is 0 Å². The van der Waals surface area contributed by atoms with Crippen molar-refractivity contribution in [1.29, 1.82) is 0 Å². The van der Waals surface area contributed by atoms with Crippen LogP contribution in [0.25, 0.3) is 0 Å². The summed E-state index contributed by atoms with van der Waals surface area (Å²) in [5, 5.41) is 0. The van der Waals surface area contributed by atoms with Crippen molar-refractivity contribution in [1.82, 2.24) is 9.44 Å². The SMILES string of the molecule is O=C1c2ccc(S(=O)(=O)NCS(=O)(=O)O)cc2C(=O)c2c1cccc2S(=O)(=O)NCS(=O)(=O)O. The van der Waals surface area contributed by atoms with Crippen LogP contribution in [0.2, 0.25) is 0 Å². The summed E-state index contributed by atoms with van der Waals surface area (Å²) < 4.78 is 114. The number of carbonyl (C=O) groups is 2. The van der Waals surface area contributed by atoms with Crippen LogP contribution in [0.1, 0.15) is 31.8 Å². The molecule has 0 unspecified atom stereocenters. The number of fused-ring (bicyclic) bond motifs is 2. The van der Waals surface area contributed by atoms with Crippen LogP contribution < -0.4 is 9.44 Å². The van der Waals surface area contributed by atoms with Gasteiger partial charge in [-0.3, -0.25) is 18.7 Å². The molecule has 0 aromatic heterocycles. The lowest BCUT2D eigenvalue weighted by Crippen LogP contribution is -2.32. The summed E-state index contributed by atoms with van der Waals surface area (Å²) in [4.78, 5) is 24.6. The molecule has 2 aromatic rings. The van der Waals surface area contributed by atoms with E-state index in [-0.39, 0.29) is 11.1 Å². The quantitative estimate of drug-likeness (QED) is 0.238. The van der Waals surface area contributed by atoms with E-state index in [1.807, 2.05) is 0 Å². The van der Waals surface area contributed by atoms with E-state index in [0.29, 0.717) is 0 Å². The third kappa shape index (κ3) is 5.39. The van der Waals surface area contributed by atoms with Crippen molar-refractivity contribution in [2.45, 2.75) is 9.79 Å².